The van der Waals surface area contributed by atoms with Crippen LogP contribution in [0.5, 0.6) is 0 Å². The van der Waals surface area contributed by atoms with Crippen LogP contribution in [0.3, 0.4) is 0 Å². The summed E-state index contributed by atoms with van der Waals surface area (Å²) in [7, 11) is -1.30. The van der Waals surface area contributed by atoms with Gasteiger partial charge in [-0.25, -0.2) is 4.39 Å². The van der Waals surface area contributed by atoms with Crippen LogP contribution < -0.4 is 10.6 Å². The fraction of sp³-hybridized carbons (Fsp3) is 0.393. The summed E-state index contributed by atoms with van der Waals surface area (Å²) in [6.45, 7) is 6.64. The van der Waals surface area contributed by atoms with Crippen molar-refractivity contribution in [1.29, 1.82) is 0 Å². The Morgan fingerprint density at radius 2 is 1.90 bits per heavy atom. The van der Waals surface area contributed by atoms with Crippen LogP contribution in [0.2, 0.25) is 5.02 Å². The van der Waals surface area contributed by atoms with Gasteiger partial charge in [-0.2, -0.15) is 0 Å². The second kappa shape index (κ2) is 13.0. The Morgan fingerprint density at radius 3 is 2.59 bits per heavy atom. The molecule has 39 heavy (non-hydrogen) atoms. The quantitative estimate of drug-likeness (QED) is 0.258. The number of fused-ring (bicyclic) bond motifs is 1. The van der Waals surface area contributed by atoms with E-state index in [0.717, 1.165) is 16.2 Å². The average molecular weight is 576 g/mol. The maximum atomic E-state index is 14.2. The number of hydrogen-bond donors (Lipinski definition) is 1. The molecule has 1 aliphatic heterocycles. The Balaban J connectivity index is 1.54. The lowest BCUT2D eigenvalue weighted by atomic mass is 10.1. The number of amides is 2. The molecule has 4 rings (SSSR count). The number of aromatic nitrogens is 1. The molecule has 1 N–H and O–H groups in total. The van der Waals surface area contributed by atoms with E-state index in [4.69, 9.17) is 20.6 Å². The normalized spacial score (nSPS) is 15.3. The van der Waals surface area contributed by atoms with Crippen molar-refractivity contribution in [1.82, 2.24) is 14.8 Å². The van der Waals surface area contributed by atoms with E-state index in [1.807, 2.05) is 32.0 Å². The van der Waals surface area contributed by atoms with Crippen LogP contribution in [-0.4, -0.2) is 52.9 Å². The maximum absolute atomic E-state index is 14.2. The van der Waals surface area contributed by atoms with Gasteiger partial charge >= 0.3 is 0 Å². The van der Waals surface area contributed by atoms with Crippen LogP contribution in [0.4, 0.5) is 4.39 Å². The van der Waals surface area contributed by atoms with Gasteiger partial charge in [-0.3, -0.25) is 14.4 Å². The predicted molar refractivity (Wildman–Crippen MR) is 150 cm³/mol. The molecule has 1 saturated heterocycles. The first-order valence-corrected chi connectivity index (χ1v) is 14.5. The molecule has 1 fully saturated rings. The Bertz CT molecular complexity index is 1370. The van der Waals surface area contributed by atoms with Crippen molar-refractivity contribution in [2.75, 3.05) is 19.8 Å². The molecule has 11 heteroatoms. The summed E-state index contributed by atoms with van der Waals surface area (Å²) < 4.78 is 27.6. The fourth-order valence-corrected chi connectivity index (χ4v) is 6.25. The number of likely N-dealkylation sites (tertiary alicyclic amines) is 1. The molecule has 2 heterocycles. The SMILES string of the molecule is CCOP(OCC)c1ccc2c(C(C)=O)cn(CC(=O)N3CCCC3C(=O)NCc3cccc(Cl)c3F)c2c1. The van der Waals surface area contributed by atoms with Crippen LogP contribution in [-0.2, 0) is 31.7 Å². The van der Waals surface area contributed by atoms with Crippen molar-refractivity contribution in [3.05, 3.63) is 64.6 Å². The molecule has 3 aromatic rings. The van der Waals surface area contributed by atoms with Crippen LogP contribution in [0, 0.1) is 5.82 Å². The number of carbonyl (C=O) groups excluding carboxylic acids is 3. The van der Waals surface area contributed by atoms with Gasteiger partial charge in [0.05, 0.1) is 23.8 Å². The van der Waals surface area contributed by atoms with Gasteiger partial charge < -0.3 is 23.8 Å². The van der Waals surface area contributed by atoms with Crippen LogP contribution in [0.25, 0.3) is 10.9 Å². The zero-order valence-electron chi connectivity index (χ0n) is 22.2. The molecular weight excluding hydrogens is 544 g/mol. The van der Waals surface area contributed by atoms with Crippen molar-refractivity contribution < 1.29 is 27.8 Å². The Morgan fingerprint density at radius 1 is 1.15 bits per heavy atom. The molecule has 1 aliphatic rings. The predicted octanol–water partition coefficient (Wildman–Crippen LogP) is 4.95. The Labute approximate surface area is 233 Å². The van der Waals surface area contributed by atoms with E-state index in [9.17, 15) is 18.8 Å². The second-order valence-electron chi connectivity index (χ2n) is 9.20. The summed E-state index contributed by atoms with van der Waals surface area (Å²) in [5.41, 5.74) is 1.51. The summed E-state index contributed by atoms with van der Waals surface area (Å²) >= 11 is 5.84. The number of benzene rings is 2. The minimum absolute atomic E-state index is 0.0125. The average Bonchev–Trinajstić information content (AvgIpc) is 3.55. The molecule has 208 valence electrons. The molecule has 1 aromatic heterocycles. The standard InChI is InChI=1S/C28H32ClFN3O5P/c1-4-37-39(38-5-2)20-11-12-21-22(18(3)34)16-32(25(21)14-20)17-26(35)33-13-7-10-24(33)28(36)31-15-19-8-6-9-23(29)27(19)30/h6,8-9,11-12,14,16,24H,4-5,7,10,13,15,17H2,1-3H3,(H,31,36). The largest absolute Gasteiger partial charge is 0.350 e. The highest BCUT2D eigenvalue weighted by Gasteiger charge is 2.34. The summed E-state index contributed by atoms with van der Waals surface area (Å²) in [6.07, 6.45) is 2.88. The number of nitrogens with one attached hydrogen (secondary N) is 1. The first kappa shape index (κ1) is 29.2. The van der Waals surface area contributed by atoms with E-state index >= 15 is 0 Å². The Kier molecular flexibility index (Phi) is 9.72. The number of ketones is 1. The Hall–Kier alpha value is -2.84. The minimum Gasteiger partial charge on any atom is -0.350 e. The van der Waals surface area contributed by atoms with Crippen molar-refractivity contribution in [3.8, 4) is 0 Å². The minimum atomic E-state index is -1.30. The summed E-state index contributed by atoms with van der Waals surface area (Å²) in [5, 5.41) is 4.31. The second-order valence-corrected chi connectivity index (χ2v) is 11.2. The van der Waals surface area contributed by atoms with Gasteiger partial charge in [-0.15, -0.1) is 0 Å². The molecular formula is C28H32ClFN3O5P. The molecule has 2 amide bonds. The number of nitrogens with zero attached hydrogens (tertiary/aromatic N) is 2. The molecule has 1 unspecified atom stereocenters. The van der Waals surface area contributed by atoms with Gasteiger partial charge in [0.15, 0.2) is 5.78 Å². The molecule has 8 nitrogen and oxygen atoms in total. The smallest absolute Gasteiger partial charge is 0.243 e. The molecule has 0 saturated carbocycles. The fourth-order valence-electron chi connectivity index (χ4n) is 4.79. The van der Waals surface area contributed by atoms with E-state index in [1.54, 1.807) is 27.8 Å². The van der Waals surface area contributed by atoms with E-state index in [-0.39, 0.29) is 41.3 Å². The molecule has 0 radical (unpaired) electrons. The van der Waals surface area contributed by atoms with Gasteiger partial charge in [0.25, 0.3) is 0 Å². The highest BCUT2D eigenvalue weighted by molar-refractivity contribution is 7.56. The summed E-state index contributed by atoms with van der Waals surface area (Å²) in [6, 6.07) is 9.61. The first-order valence-electron chi connectivity index (χ1n) is 12.9. The van der Waals surface area contributed by atoms with Gasteiger partial charge in [0.1, 0.15) is 18.4 Å². The number of halogens is 2. The highest BCUT2D eigenvalue weighted by Crippen LogP contribution is 2.38. The lowest BCUT2D eigenvalue weighted by Crippen LogP contribution is -2.46. The molecule has 1 atom stereocenters. The van der Waals surface area contributed by atoms with Crippen LogP contribution in [0.1, 0.15) is 49.5 Å². The third-order valence-electron chi connectivity index (χ3n) is 6.61. The van der Waals surface area contributed by atoms with E-state index in [2.05, 4.69) is 5.32 Å². The van der Waals surface area contributed by atoms with Gasteiger partial charge in [0.2, 0.25) is 20.2 Å². The molecule has 0 aliphatic carbocycles. The zero-order chi connectivity index (χ0) is 28.1. The monoisotopic (exact) mass is 575 g/mol. The van der Waals surface area contributed by atoms with E-state index in [0.29, 0.717) is 38.2 Å². The van der Waals surface area contributed by atoms with Crippen molar-refractivity contribution in [2.24, 2.45) is 0 Å². The lowest BCUT2D eigenvalue weighted by molar-refractivity contribution is -0.138. The third kappa shape index (κ3) is 6.49. The molecule has 2 aromatic carbocycles. The molecule has 0 bridgehead atoms. The number of rotatable bonds is 11. The summed E-state index contributed by atoms with van der Waals surface area (Å²) in [5.74, 6) is -1.27. The molecule has 0 spiro atoms. The van der Waals surface area contributed by atoms with Gasteiger partial charge in [-0.1, -0.05) is 29.8 Å². The van der Waals surface area contributed by atoms with Crippen molar-refractivity contribution in [3.63, 3.8) is 0 Å². The number of Topliss-reactive ketones (excluding diaryl/α,β-unsaturated/α-hetero) is 1. The van der Waals surface area contributed by atoms with Gasteiger partial charge in [-0.05, 0) is 51.8 Å². The van der Waals surface area contributed by atoms with E-state index in [1.165, 1.54) is 13.0 Å². The highest BCUT2D eigenvalue weighted by atomic mass is 35.5. The van der Waals surface area contributed by atoms with Crippen molar-refractivity contribution >= 4 is 53.8 Å². The van der Waals surface area contributed by atoms with Gasteiger partial charge in [0, 0.05) is 41.1 Å². The number of hydrogen-bond acceptors (Lipinski definition) is 5. The summed E-state index contributed by atoms with van der Waals surface area (Å²) in [4.78, 5) is 40.4. The van der Waals surface area contributed by atoms with Crippen LogP contribution in [0.15, 0.2) is 42.6 Å². The van der Waals surface area contributed by atoms with E-state index < -0.39 is 20.2 Å². The van der Waals surface area contributed by atoms with Crippen molar-refractivity contribution in [2.45, 2.75) is 52.7 Å². The number of carbonyl (C=O) groups is 3. The topological polar surface area (TPSA) is 89.9 Å². The lowest BCUT2D eigenvalue weighted by Gasteiger charge is -2.24. The maximum Gasteiger partial charge on any atom is 0.243 e. The van der Waals surface area contributed by atoms with Crippen LogP contribution >= 0.6 is 20.0 Å². The zero-order valence-corrected chi connectivity index (χ0v) is 23.9. The first-order chi connectivity index (χ1) is 18.7. The third-order valence-corrected chi connectivity index (χ3v) is 8.59.